The van der Waals surface area contributed by atoms with E-state index in [2.05, 4.69) is 84.9 Å². The van der Waals surface area contributed by atoms with E-state index in [9.17, 15) is 0 Å². The monoisotopic (exact) mass is 666 g/mol. The van der Waals surface area contributed by atoms with Gasteiger partial charge in [-0.2, -0.15) is 0 Å². The summed E-state index contributed by atoms with van der Waals surface area (Å²) >= 11 is -0.00202. The van der Waals surface area contributed by atoms with Gasteiger partial charge in [-0.15, -0.1) is 0 Å². The van der Waals surface area contributed by atoms with Crippen LogP contribution < -0.4 is 0 Å². The van der Waals surface area contributed by atoms with Gasteiger partial charge in [0.25, 0.3) is 0 Å². The number of hydrogen-bond acceptors (Lipinski definition) is 0. The van der Waals surface area contributed by atoms with Gasteiger partial charge < -0.3 is 0 Å². The van der Waals surface area contributed by atoms with Crippen LogP contribution in [0.25, 0.3) is 95.8 Å². The molecule has 1 aromatic heterocycles. The van der Waals surface area contributed by atoms with Crippen molar-refractivity contribution in [2.45, 2.75) is 0 Å². The molecule has 0 unspecified atom stereocenters. The van der Waals surface area contributed by atoms with Gasteiger partial charge in [-0.05, 0) is 0 Å². The first kappa shape index (κ1) is 21.4. The number of benzene rings is 9. The van der Waals surface area contributed by atoms with Crippen LogP contribution in [0.1, 0.15) is 8.22 Å². The Labute approximate surface area is 287 Å². The summed E-state index contributed by atoms with van der Waals surface area (Å²) in [5, 5.41) is 10.2. The molecule has 0 aliphatic carbocycles. The molecule has 0 bridgehead atoms. The Kier molecular flexibility index (Phi) is 4.79. The van der Waals surface area contributed by atoms with Gasteiger partial charge >= 0.3 is 288 Å². The Bertz CT molecular complexity index is 3050. The molecule has 1 heteroatoms. The van der Waals surface area contributed by atoms with Gasteiger partial charge in [0, 0.05) is 0 Å². The number of hydrogen-bond donors (Lipinski definition) is 0. The van der Waals surface area contributed by atoms with E-state index in [1.54, 1.807) is 0 Å². The number of fused-ring (bicyclic) bond motifs is 7. The van der Waals surface area contributed by atoms with E-state index in [1.165, 1.54) is 30.4 Å². The third kappa shape index (κ3) is 4.08. The van der Waals surface area contributed by atoms with E-state index in [0.717, 1.165) is 54.2 Å². The average molecular weight is 666 g/mol. The molecule has 0 aliphatic rings. The van der Waals surface area contributed by atoms with Gasteiger partial charge in [0.2, 0.25) is 0 Å². The van der Waals surface area contributed by atoms with Crippen LogP contribution in [-0.4, -0.2) is 14.5 Å². The molecular weight excluding hydrogens is 631 g/mol. The van der Waals surface area contributed by atoms with Gasteiger partial charge in [0.05, 0.1) is 0 Å². The summed E-state index contributed by atoms with van der Waals surface area (Å²) in [6.45, 7) is 0. The first-order valence-corrected chi connectivity index (χ1v) is 17.4. The fourth-order valence-corrected chi connectivity index (χ4v) is 10.1. The van der Waals surface area contributed by atoms with Crippen molar-refractivity contribution in [3.8, 4) is 33.4 Å². The van der Waals surface area contributed by atoms with Gasteiger partial charge in [-0.25, -0.2) is 0 Å². The van der Waals surface area contributed by atoms with E-state index in [0.29, 0.717) is 11.6 Å². The van der Waals surface area contributed by atoms with Crippen LogP contribution in [0, 0.1) is 0 Å². The van der Waals surface area contributed by atoms with E-state index in [1.807, 2.05) is 48.5 Å². The Morgan fingerprint density at radius 3 is 1.55 bits per heavy atom. The van der Waals surface area contributed by atoms with Crippen molar-refractivity contribution >= 4 is 76.9 Å². The zero-order valence-corrected chi connectivity index (χ0v) is 26.8. The maximum atomic E-state index is 9.04. The third-order valence-electron chi connectivity index (χ3n) is 9.40. The van der Waals surface area contributed by atoms with Gasteiger partial charge in [0.1, 0.15) is 0 Å². The second kappa shape index (κ2) is 10.5. The third-order valence-corrected chi connectivity index (χ3v) is 11.9. The minimum atomic E-state index is -0.395. The van der Waals surface area contributed by atoms with E-state index in [-0.39, 0.29) is 44.2 Å². The summed E-state index contributed by atoms with van der Waals surface area (Å²) in [7, 11) is 0. The van der Waals surface area contributed by atoms with Crippen molar-refractivity contribution in [2.24, 2.45) is 0 Å². The Balaban J connectivity index is 1.26. The molecule has 0 spiro atoms. The van der Waals surface area contributed by atoms with Crippen molar-refractivity contribution in [3.05, 3.63) is 170 Å². The maximum absolute atomic E-state index is 9.04. The van der Waals surface area contributed by atoms with Gasteiger partial charge in [0.15, 0.2) is 0 Å². The van der Waals surface area contributed by atoms with Gasteiger partial charge in [-0.3, -0.25) is 0 Å². The molecule has 0 saturated carbocycles. The Hall–Kier alpha value is -5.46. The molecule has 0 aliphatic heterocycles. The molecule has 47 heavy (non-hydrogen) atoms. The Morgan fingerprint density at radius 2 is 0.936 bits per heavy atom. The quantitative estimate of drug-likeness (QED) is 0.130. The Morgan fingerprint density at radius 1 is 0.404 bits per heavy atom. The molecule has 218 valence electrons. The number of rotatable bonds is 3. The second-order valence-electron chi connectivity index (χ2n) is 11.9. The van der Waals surface area contributed by atoms with E-state index < -0.39 is 6.04 Å². The summed E-state index contributed by atoms with van der Waals surface area (Å²) in [5.41, 5.74) is 5.40. The predicted molar refractivity (Wildman–Crippen MR) is 205 cm³/mol. The fourth-order valence-electron chi connectivity index (χ4n) is 7.44. The van der Waals surface area contributed by atoms with Gasteiger partial charge in [-0.1, -0.05) is 0 Å². The van der Waals surface area contributed by atoms with Crippen LogP contribution in [-0.2, 0) is 0 Å². The molecule has 1 heterocycles. The fraction of sp³-hybridized carbons (Fsp3) is 0. The molecule has 10 aromatic rings. The summed E-state index contributed by atoms with van der Waals surface area (Å²) < 4.78 is 54.6. The molecule has 0 radical (unpaired) electrons. The normalized spacial score (nSPS) is 13.6. The van der Waals surface area contributed by atoms with Crippen LogP contribution >= 0.6 is 0 Å². The minimum absolute atomic E-state index is 0.00202. The summed E-state index contributed by atoms with van der Waals surface area (Å²) in [6, 6.07) is 45.1. The zero-order chi connectivity index (χ0) is 36.1. The van der Waals surface area contributed by atoms with Crippen molar-refractivity contribution < 1.29 is 8.22 Å². The summed E-state index contributed by atoms with van der Waals surface area (Å²) in [6.07, 6.45) is 0. The molecule has 0 atom stereocenters. The van der Waals surface area contributed by atoms with Crippen LogP contribution in [0.4, 0.5) is 0 Å². The van der Waals surface area contributed by atoms with E-state index >= 15 is 0 Å². The van der Waals surface area contributed by atoms with Crippen LogP contribution in [0.3, 0.4) is 0 Å². The topological polar surface area (TPSA) is 0 Å². The molecule has 0 N–H and O–H groups in total. The zero-order valence-electron chi connectivity index (χ0n) is 31.1. The molecule has 0 amide bonds. The molecule has 0 saturated heterocycles. The summed E-state index contributed by atoms with van der Waals surface area (Å²) in [4.78, 5) is 0. The standard InChI is InChI=1S/C46H28Se/c1-2-13-29(14-3-1)43-36-19-8-10-21-38(36)44(39-22-11-9-20-37(39)43)32-25-26-35-40-23-12-24-41(46(40)47-42(35)28-32)45-33-17-6-4-15-30(33)27-31-16-5-7-18-34(31)45/h1-28H/i1D,2D,3D,13D,14D,27D. The molecule has 0 nitrogen and oxygen atoms in total. The van der Waals surface area contributed by atoms with Crippen molar-refractivity contribution in [1.29, 1.82) is 0 Å². The SMILES string of the molecule is [2H]c1c([2H])c([2H])c(-c2c3ccccc3c(-c3ccc4c(c3)[se]c3c(-c5c6ccccc6c([2H])c6ccccc56)cccc34)c3ccccc23)c([2H])c1[2H]. The predicted octanol–water partition coefficient (Wildman–Crippen LogP) is 12.7. The average Bonchev–Trinajstić information content (AvgIpc) is 3.58. The van der Waals surface area contributed by atoms with Crippen molar-refractivity contribution in [2.75, 3.05) is 0 Å². The first-order valence-electron chi connectivity index (χ1n) is 18.7. The first-order chi connectivity index (χ1) is 25.8. The van der Waals surface area contributed by atoms with Crippen molar-refractivity contribution in [1.82, 2.24) is 0 Å². The molecule has 9 aromatic carbocycles. The van der Waals surface area contributed by atoms with Crippen LogP contribution in [0.2, 0.25) is 0 Å². The molecular formula is C46H28Se. The van der Waals surface area contributed by atoms with Crippen LogP contribution in [0.15, 0.2) is 170 Å². The summed E-state index contributed by atoms with van der Waals surface area (Å²) in [5.74, 6) is 0. The van der Waals surface area contributed by atoms with Crippen molar-refractivity contribution in [3.63, 3.8) is 0 Å². The molecule has 0 fully saturated rings. The second-order valence-corrected chi connectivity index (χ2v) is 14.1. The van der Waals surface area contributed by atoms with Crippen LogP contribution in [0.5, 0.6) is 0 Å². The van der Waals surface area contributed by atoms with E-state index in [4.69, 9.17) is 8.22 Å². The molecule has 10 rings (SSSR count).